The summed E-state index contributed by atoms with van der Waals surface area (Å²) in [5, 5.41) is 13.0. The van der Waals surface area contributed by atoms with Crippen LogP contribution in [0.2, 0.25) is 0 Å². The smallest absolute Gasteiger partial charge is 0.424 e. The number of ether oxygens (including phenoxy) is 1. The van der Waals surface area contributed by atoms with Gasteiger partial charge in [0.15, 0.2) is 11.6 Å². The number of benzene rings is 1. The molecule has 2 rings (SSSR count). The summed E-state index contributed by atoms with van der Waals surface area (Å²) in [5.41, 5.74) is -3.20. The Bertz CT molecular complexity index is 794. The van der Waals surface area contributed by atoms with Gasteiger partial charge in [-0.3, -0.25) is 4.79 Å². The van der Waals surface area contributed by atoms with Crippen molar-refractivity contribution in [3.63, 3.8) is 0 Å². The normalized spacial score (nSPS) is 14.0. The van der Waals surface area contributed by atoms with Crippen LogP contribution >= 0.6 is 11.3 Å². The molecule has 5 nitrogen and oxygen atoms in total. The van der Waals surface area contributed by atoms with Crippen LogP contribution in [0.3, 0.4) is 0 Å². The molecule has 142 valence electrons. The topological polar surface area (TPSA) is 71.5 Å². The average molecular weight is 392 g/mol. The van der Waals surface area contributed by atoms with Gasteiger partial charge in [-0.2, -0.15) is 13.2 Å². The summed E-state index contributed by atoms with van der Waals surface area (Å²) in [7, 11) is 0. The zero-order chi connectivity index (χ0) is 19.5. The first-order valence-corrected chi connectivity index (χ1v) is 8.38. The SMILES string of the molecule is CCOc1ccc(NC(=O)CC(O)(c2nc(C)cs2)C(F)(F)F)cc1F. The lowest BCUT2D eigenvalue weighted by molar-refractivity contribution is -0.266. The lowest BCUT2D eigenvalue weighted by atomic mass is 9.99. The number of halogens is 4. The van der Waals surface area contributed by atoms with E-state index in [1.165, 1.54) is 24.4 Å². The van der Waals surface area contributed by atoms with E-state index in [-0.39, 0.29) is 18.0 Å². The molecule has 0 spiro atoms. The minimum atomic E-state index is -5.11. The van der Waals surface area contributed by atoms with Crippen LogP contribution in [0.1, 0.15) is 24.0 Å². The Morgan fingerprint density at radius 3 is 2.58 bits per heavy atom. The van der Waals surface area contributed by atoms with Crippen molar-refractivity contribution in [2.75, 3.05) is 11.9 Å². The monoisotopic (exact) mass is 392 g/mol. The maximum absolute atomic E-state index is 13.8. The van der Waals surface area contributed by atoms with Crippen LogP contribution in [0, 0.1) is 12.7 Å². The van der Waals surface area contributed by atoms with Gasteiger partial charge in [0.25, 0.3) is 0 Å². The highest BCUT2D eigenvalue weighted by atomic mass is 32.1. The van der Waals surface area contributed by atoms with Crippen molar-refractivity contribution in [3.05, 3.63) is 40.1 Å². The third-order valence-electron chi connectivity index (χ3n) is 3.37. The molecule has 0 aliphatic carbocycles. The van der Waals surface area contributed by atoms with E-state index in [0.717, 1.165) is 6.07 Å². The van der Waals surface area contributed by atoms with Crippen molar-refractivity contribution < 1.29 is 32.2 Å². The van der Waals surface area contributed by atoms with Crippen molar-refractivity contribution in [2.24, 2.45) is 0 Å². The second kappa shape index (κ2) is 7.58. The lowest BCUT2D eigenvalue weighted by Gasteiger charge is -2.27. The highest BCUT2D eigenvalue weighted by Crippen LogP contribution is 2.43. The number of rotatable bonds is 6. The standard InChI is InChI=1S/C16H16F4N2O3S/c1-3-25-12-5-4-10(6-11(12)17)22-13(23)7-15(24,16(18,19)20)14-21-9(2)8-26-14/h4-6,8,24H,3,7H2,1-2H3,(H,22,23). The predicted molar refractivity (Wildman–Crippen MR) is 87.6 cm³/mol. The fourth-order valence-corrected chi connectivity index (χ4v) is 3.04. The summed E-state index contributed by atoms with van der Waals surface area (Å²) in [4.78, 5) is 15.7. The van der Waals surface area contributed by atoms with Crippen LogP contribution in [-0.2, 0) is 10.4 Å². The van der Waals surface area contributed by atoms with E-state index in [4.69, 9.17) is 4.74 Å². The molecule has 26 heavy (non-hydrogen) atoms. The number of carbonyl (C=O) groups is 1. The summed E-state index contributed by atoms with van der Waals surface area (Å²) in [6, 6.07) is 3.45. The summed E-state index contributed by atoms with van der Waals surface area (Å²) >= 11 is 0.604. The quantitative estimate of drug-likeness (QED) is 0.735. The van der Waals surface area contributed by atoms with Gasteiger partial charge in [-0.25, -0.2) is 9.37 Å². The van der Waals surface area contributed by atoms with Gasteiger partial charge in [0, 0.05) is 22.8 Å². The van der Waals surface area contributed by atoms with Crippen molar-refractivity contribution >= 4 is 22.9 Å². The first kappa shape index (κ1) is 20.1. The molecular weight excluding hydrogens is 376 g/mol. The molecule has 2 N–H and O–H groups in total. The number of hydrogen-bond acceptors (Lipinski definition) is 5. The molecule has 0 saturated carbocycles. The molecule has 0 fully saturated rings. The Balaban J connectivity index is 2.19. The maximum atomic E-state index is 13.8. The predicted octanol–water partition coefficient (Wildman–Crippen LogP) is 3.77. The first-order chi connectivity index (χ1) is 12.1. The molecule has 0 radical (unpaired) electrons. The van der Waals surface area contributed by atoms with Crippen LogP contribution in [0.5, 0.6) is 5.75 Å². The highest BCUT2D eigenvalue weighted by molar-refractivity contribution is 7.09. The number of aliphatic hydroxyl groups is 1. The van der Waals surface area contributed by atoms with Crippen molar-refractivity contribution in [1.29, 1.82) is 0 Å². The largest absolute Gasteiger partial charge is 0.491 e. The van der Waals surface area contributed by atoms with Crippen LogP contribution in [0.15, 0.2) is 23.6 Å². The minimum absolute atomic E-state index is 0.0458. The summed E-state index contributed by atoms with van der Waals surface area (Å²) in [6.07, 6.45) is -6.42. The molecule has 0 aliphatic heterocycles. The number of aryl methyl sites for hydroxylation is 1. The lowest BCUT2D eigenvalue weighted by Crippen LogP contribution is -2.45. The summed E-state index contributed by atoms with van der Waals surface area (Å²) < 4.78 is 58.8. The third-order valence-corrected chi connectivity index (χ3v) is 4.48. The van der Waals surface area contributed by atoms with E-state index in [9.17, 15) is 27.5 Å². The van der Waals surface area contributed by atoms with E-state index in [1.54, 1.807) is 6.92 Å². The number of anilines is 1. The van der Waals surface area contributed by atoms with Gasteiger partial charge in [0.2, 0.25) is 11.5 Å². The first-order valence-electron chi connectivity index (χ1n) is 7.50. The minimum Gasteiger partial charge on any atom is -0.491 e. The van der Waals surface area contributed by atoms with E-state index < -0.39 is 34.9 Å². The van der Waals surface area contributed by atoms with Crippen LogP contribution < -0.4 is 10.1 Å². The molecule has 0 saturated heterocycles. The molecule has 1 aromatic heterocycles. The van der Waals surface area contributed by atoms with Gasteiger partial charge in [-0.1, -0.05) is 0 Å². The molecular formula is C16H16F4N2O3S. The molecule has 1 unspecified atom stereocenters. The van der Waals surface area contributed by atoms with Crippen LogP contribution in [0.25, 0.3) is 0 Å². The van der Waals surface area contributed by atoms with E-state index in [2.05, 4.69) is 10.3 Å². The number of carbonyl (C=O) groups excluding carboxylic acids is 1. The fraction of sp³-hybridized carbons (Fsp3) is 0.375. The van der Waals surface area contributed by atoms with Crippen molar-refractivity contribution in [1.82, 2.24) is 4.98 Å². The molecule has 1 atom stereocenters. The van der Waals surface area contributed by atoms with Crippen LogP contribution in [0.4, 0.5) is 23.2 Å². The Morgan fingerprint density at radius 2 is 2.08 bits per heavy atom. The second-order valence-electron chi connectivity index (χ2n) is 5.46. The molecule has 1 amide bonds. The number of hydrogen-bond donors (Lipinski definition) is 2. The van der Waals surface area contributed by atoms with E-state index in [1.807, 2.05) is 0 Å². The number of alkyl halides is 3. The van der Waals surface area contributed by atoms with Crippen molar-refractivity contribution in [2.45, 2.75) is 32.0 Å². The third kappa shape index (κ3) is 4.31. The highest BCUT2D eigenvalue weighted by Gasteiger charge is 2.58. The molecule has 2 aromatic rings. The Hall–Kier alpha value is -2.20. The molecule has 0 aliphatic rings. The van der Waals surface area contributed by atoms with Gasteiger partial charge in [0.05, 0.1) is 13.0 Å². The molecule has 1 heterocycles. The summed E-state index contributed by atoms with van der Waals surface area (Å²) in [6.45, 7) is 3.36. The zero-order valence-electron chi connectivity index (χ0n) is 13.9. The Morgan fingerprint density at radius 1 is 1.38 bits per heavy atom. The van der Waals surface area contributed by atoms with E-state index in [0.29, 0.717) is 17.0 Å². The fourth-order valence-electron chi connectivity index (χ4n) is 2.13. The zero-order valence-corrected chi connectivity index (χ0v) is 14.7. The molecule has 0 bridgehead atoms. The van der Waals surface area contributed by atoms with Gasteiger partial charge in [-0.15, -0.1) is 11.3 Å². The van der Waals surface area contributed by atoms with Crippen molar-refractivity contribution in [3.8, 4) is 5.75 Å². The maximum Gasteiger partial charge on any atom is 0.424 e. The number of aromatic nitrogens is 1. The Kier molecular flexibility index (Phi) is 5.87. The van der Waals surface area contributed by atoms with Gasteiger partial charge < -0.3 is 15.2 Å². The molecule has 1 aromatic carbocycles. The average Bonchev–Trinajstić information content (AvgIpc) is 2.96. The second-order valence-corrected chi connectivity index (χ2v) is 6.31. The van der Waals surface area contributed by atoms with Gasteiger partial charge in [0.1, 0.15) is 5.01 Å². The summed E-state index contributed by atoms with van der Waals surface area (Å²) in [5.74, 6) is -1.96. The number of nitrogens with one attached hydrogen (secondary N) is 1. The Labute approximate surface area is 150 Å². The van der Waals surface area contributed by atoms with Gasteiger partial charge in [-0.05, 0) is 26.0 Å². The van der Waals surface area contributed by atoms with Crippen LogP contribution in [-0.4, -0.2) is 28.8 Å². The van der Waals surface area contributed by atoms with E-state index >= 15 is 0 Å². The number of nitrogens with zero attached hydrogens (tertiary/aromatic N) is 1. The number of amides is 1. The molecule has 10 heteroatoms. The van der Waals surface area contributed by atoms with Gasteiger partial charge >= 0.3 is 6.18 Å². The number of thiazole rings is 1.